The van der Waals surface area contributed by atoms with E-state index in [0.717, 1.165) is 0 Å². The molecule has 0 saturated heterocycles. The van der Waals surface area contributed by atoms with Crippen LogP contribution in [0.1, 0.15) is 42.4 Å². The lowest BCUT2D eigenvalue weighted by molar-refractivity contribution is -0.147. The number of nitrogens with two attached hydrogens (primary N) is 1. The van der Waals surface area contributed by atoms with Crippen molar-refractivity contribution in [1.82, 2.24) is 0 Å². The Morgan fingerprint density at radius 2 is 1.81 bits per heavy atom. The third kappa shape index (κ3) is 4.59. The number of ketones is 2. The van der Waals surface area contributed by atoms with E-state index in [0.29, 0.717) is 28.0 Å². The molecule has 1 amide bonds. The van der Waals surface area contributed by atoms with Crippen molar-refractivity contribution in [3.8, 4) is 22.6 Å². The van der Waals surface area contributed by atoms with Crippen molar-refractivity contribution in [1.29, 1.82) is 0 Å². The van der Waals surface area contributed by atoms with Gasteiger partial charge in [0.05, 0.1) is 12.7 Å². The third-order valence-corrected chi connectivity index (χ3v) is 8.43. The minimum atomic E-state index is -4.28. The summed E-state index contributed by atoms with van der Waals surface area (Å²) in [5.74, 6) is -6.87. The van der Waals surface area contributed by atoms with Crippen LogP contribution in [0.3, 0.4) is 0 Å². The normalized spacial score (nSPS) is 23.8. The SMILES string of the molecule is COc1ccc(CCCC(F)(F)F)cc1-c1ccc(O)c2c1CC1CC3CC(=O)C(C(N)=O)=C(O)C3(O)C(=O)C1=C2O. The number of phenols is 1. The number of aliphatic hydroxyl groups is 3. The topological polar surface area (TPSA) is 167 Å². The maximum absolute atomic E-state index is 13.7. The summed E-state index contributed by atoms with van der Waals surface area (Å²) >= 11 is 0. The Morgan fingerprint density at radius 3 is 2.45 bits per heavy atom. The Bertz CT molecular complexity index is 1590. The number of benzene rings is 2. The monoisotopic (exact) mass is 587 g/mol. The Hall–Kier alpha value is -4.32. The standard InChI is InChI=1S/C30H28F3NO8/c1-42-21-7-4-13(3-2-8-29(31,32)33)9-17(21)16-5-6-19(35)23-18(16)11-14-10-15-12-20(36)24(28(34)40)27(39)30(15,41)26(38)22(14)25(23)37/h4-7,9,14-15,35,37,39,41H,2-3,8,10-12H2,1H3,(H2,34,40). The number of carbonyl (C=O) groups excluding carboxylic acids is 3. The van der Waals surface area contributed by atoms with Crippen LogP contribution in [0, 0.1) is 11.8 Å². The molecule has 9 nitrogen and oxygen atoms in total. The summed E-state index contributed by atoms with van der Waals surface area (Å²) in [5, 5.41) is 44.2. The van der Waals surface area contributed by atoms with Gasteiger partial charge in [-0.2, -0.15) is 13.2 Å². The summed E-state index contributed by atoms with van der Waals surface area (Å²) in [5.41, 5.74) is 3.33. The van der Waals surface area contributed by atoms with E-state index in [1.807, 2.05) is 0 Å². The molecule has 3 aliphatic carbocycles. The first-order chi connectivity index (χ1) is 19.7. The van der Waals surface area contributed by atoms with E-state index in [-0.39, 0.29) is 42.6 Å². The lowest BCUT2D eigenvalue weighted by Gasteiger charge is -2.46. The molecule has 0 bridgehead atoms. The number of aliphatic hydroxyl groups excluding tert-OH is 2. The first kappa shape index (κ1) is 29.2. The quantitative estimate of drug-likeness (QED) is 0.316. The molecule has 42 heavy (non-hydrogen) atoms. The van der Waals surface area contributed by atoms with Gasteiger partial charge in [0.1, 0.15) is 28.6 Å². The molecule has 2 aromatic carbocycles. The maximum Gasteiger partial charge on any atom is 0.389 e. The minimum absolute atomic E-state index is 0.0351. The van der Waals surface area contributed by atoms with Crippen molar-refractivity contribution < 1.29 is 52.7 Å². The van der Waals surface area contributed by atoms with Crippen molar-refractivity contribution in [2.75, 3.05) is 7.11 Å². The number of fused-ring (bicyclic) bond motifs is 3. The number of hydrogen-bond acceptors (Lipinski definition) is 8. The van der Waals surface area contributed by atoms with E-state index >= 15 is 0 Å². The molecule has 3 unspecified atom stereocenters. The molecule has 3 aliphatic rings. The number of alkyl halides is 3. The molecule has 12 heteroatoms. The highest BCUT2D eigenvalue weighted by Gasteiger charge is 2.60. The lowest BCUT2D eigenvalue weighted by Crippen LogP contribution is -2.58. The smallest absolute Gasteiger partial charge is 0.389 e. The average molecular weight is 588 g/mol. The van der Waals surface area contributed by atoms with Gasteiger partial charge in [-0.25, -0.2) is 0 Å². The number of hydrogen-bond donors (Lipinski definition) is 5. The van der Waals surface area contributed by atoms with Gasteiger partial charge in [-0.15, -0.1) is 0 Å². The minimum Gasteiger partial charge on any atom is -0.508 e. The van der Waals surface area contributed by atoms with Gasteiger partial charge in [-0.1, -0.05) is 12.1 Å². The number of primary amides is 1. The maximum atomic E-state index is 13.7. The van der Waals surface area contributed by atoms with Gasteiger partial charge in [-0.3, -0.25) is 14.4 Å². The Morgan fingerprint density at radius 1 is 1.10 bits per heavy atom. The number of Topliss-reactive ketones (excluding diaryl/α,β-unsaturated/α-hetero) is 2. The second-order valence-electron chi connectivity index (χ2n) is 10.9. The number of aryl methyl sites for hydroxylation is 1. The van der Waals surface area contributed by atoms with Gasteiger partial charge in [-0.05, 0) is 66.5 Å². The van der Waals surface area contributed by atoms with Crippen LogP contribution in [-0.2, 0) is 27.2 Å². The van der Waals surface area contributed by atoms with E-state index in [2.05, 4.69) is 0 Å². The van der Waals surface area contributed by atoms with Crippen LogP contribution >= 0.6 is 0 Å². The van der Waals surface area contributed by atoms with Crippen LogP contribution in [0.5, 0.6) is 11.5 Å². The van der Waals surface area contributed by atoms with Crippen molar-refractivity contribution in [3.05, 3.63) is 63.9 Å². The first-order valence-corrected chi connectivity index (χ1v) is 13.2. The fraction of sp³-hybridized carbons (Fsp3) is 0.367. The average Bonchev–Trinajstić information content (AvgIpc) is 2.90. The number of phenolic OH excluding ortho intramolecular Hbond substituents is 1. The highest BCUT2D eigenvalue weighted by atomic mass is 19.4. The van der Waals surface area contributed by atoms with Crippen LogP contribution in [-0.4, -0.2) is 56.8 Å². The van der Waals surface area contributed by atoms with Gasteiger partial charge in [0, 0.05) is 29.9 Å². The van der Waals surface area contributed by atoms with Crippen molar-refractivity contribution >= 4 is 23.2 Å². The Balaban J connectivity index is 1.62. The van der Waals surface area contributed by atoms with Crippen LogP contribution in [0.25, 0.3) is 16.9 Å². The molecule has 1 fully saturated rings. The summed E-state index contributed by atoms with van der Waals surface area (Å²) in [6.07, 6.45) is -5.62. The zero-order valence-electron chi connectivity index (χ0n) is 22.4. The van der Waals surface area contributed by atoms with E-state index < -0.39 is 71.0 Å². The summed E-state index contributed by atoms with van der Waals surface area (Å²) in [6.45, 7) is 0. The van der Waals surface area contributed by atoms with Gasteiger partial charge in [0.2, 0.25) is 5.78 Å². The van der Waals surface area contributed by atoms with Crippen molar-refractivity contribution in [3.63, 3.8) is 0 Å². The predicted octanol–water partition coefficient (Wildman–Crippen LogP) is 3.98. The number of methoxy groups -OCH3 is 1. The third-order valence-electron chi connectivity index (χ3n) is 8.43. The number of ether oxygens (including phenoxy) is 1. The number of halogens is 3. The molecule has 1 saturated carbocycles. The zero-order chi connectivity index (χ0) is 30.7. The highest BCUT2D eigenvalue weighted by Crippen LogP contribution is 2.53. The fourth-order valence-electron chi connectivity index (χ4n) is 6.49. The summed E-state index contributed by atoms with van der Waals surface area (Å²) in [4.78, 5) is 38.1. The number of amides is 1. The second-order valence-corrected chi connectivity index (χ2v) is 10.9. The molecule has 0 radical (unpaired) electrons. The fourth-order valence-corrected chi connectivity index (χ4v) is 6.49. The molecule has 0 aromatic heterocycles. The first-order valence-electron chi connectivity index (χ1n) is 13.2. The summed E-state index contributed by atoms with van der Waals surface area (Å²) in [7, 11) is 1.42. The van der Waals surface area contributed by atoms with E-state index in [4.69, 9.17) is 10.5 Å². The molecule has 6 N–H and O–H groups in total. The van der Waals surface area contributed by atoms with E-state index in [9.17, 15) is 48.0 Å². The second kappa shape index (κ2) is 10.2. The molecular weight excluding hydrogens is 559 g/mol. The lowest BCUT2D eigenvalue weighted by atomic mass is 9.59. The molecule has 2 aromatic rings. The molecular formula is C30H28F3NO8. The molecule has 0 spiro atoms. The summed E-state index contributed by atoms with van der Waals surface area (Å²) in [6, 6.07) is 7.81. The number of aromatic hydroxyl groups is 1. The molecule has 3 atom stereocenters. The van der Waals surface area contributed by atoms with Gasteiger partial charge < -0.3 is 30.9 Å². The largest absolute Gasteiger partial charge is 0.508 e. The molecule has 0 aliphatic heterocycles. The zero-order valence-corrected chi connectivity index (χ0v) is 22.4. The number of carbonyl (C=O) groups is 3. The van der Waals surface area contributed by atoms with Crippen molar-refractivity contribution in [2.24, 2.45) is 17.6 Å². The molecule has 222 valence electrons. The van der Waals surface area contributed by atoms with Crippen LogP contribution < -0.4 is 10.5 Å². The van der Waals surface area contributed by atoms with Crippen LogP contribution in [0.2, 0.25) is 0 Å². The van der Waals surface area contributed by atoms with E-state index in [1.165, 1.54) is 13.2 Å². The van der Waals surface area contributed by atoms with Gasteiger partial charge in [0.25, 0.3) is 5.91 Å². The Kier molecular flexibility index (Phi) is 7.08. The van der Waals surface area contributed by atoms with Crippen molar-refractivity contribution in [2.45, 2.75) is 50.3 Å². The summed E-state index contributed by atoms with van der Waals surface area (Å²) < 4.78 is 43.6. The predicted molar refractivity (Wildman–Crippen MR) is 142 cm³/mol. The van der Waals surface area contributed by atoms with Crippen LogP contribution in [0.15, 0.2) is 47.2 Å². The van der Waals surface area contributed by atoms with E-state index in [1.54, 1.807) is 24.3 Å². The molecule has 5 rings (SSSR count). The Labute approximate surface area is 237 Å². The highest BCUT2D eigenvalue weighted by molar-refractivity contribution is 6.22. The number of rotatable bonds is 6. The molecule has 0 heterocycles. The van der Waals surface area contributed by atoms with Gasteiger partial charge in [0.15, 0.2) is 11.4 Å². The van der Waals surface area contributed by atoms with Crippen LogP contribution in [0.4, 0.5) is 13.2 Å². The van der Waals surface area contributed by atoms with Gasteiger partial charge >= 0.3 is 6.18 Å².